The third-order valence-electron chi connectivity index (χ3n) is 1.72. The summed E-state index contributed by atoms with van der Waals surface area (Å²) in [6.45, 7) is 0. The Morgan fingerprint density at radius 1 is 1.77 bits per heavy atom. The predicted molar refractivity (Wildman–Crippen MR) is 42.7 cm³/mol. The van der Waals surface area contributed by atoms with Crippen molar-refractivity contribution in [2.45, 2.75) is 5.79 Å². The van der Waals surface area contributed by atoms with Gasteiger partial charge in [0.25, 0.3) is 5.79 Å². The monoisotopic (exact) mass is 184 g/mol. The molecule has 0 amide bonds. The van der Waals surface area contributed by atoms with Crippen LogP contribution in [0.4, 0.5) is 11.5 Å². The highest BCUT2D eigenvalue weighted by atomic mass is 16.5. The molecule has 4 N–H and O–H groups in total. The highest BCUT2D eigenvalue weighted by Crippen LogP contribution is 2.30. The standard InChI is InChI=1S/C6H8N4O3/c1-12-5(11)6(7)8-3-2-13-10-4(3)9-6/h2,8H,7H2,1H3,(H,9,10). The van der Waals surface area contributed by atoms with Crippen molar-refractivity contribution in [1.82, 2.24) is 5.16 Å². The molecule has 1 unspecified atom stereocenters. The van der Waals surface area contributed by atoms with Gasteiger partial charge < -0.3 is 19.9 Å². The smallest absolute Gasteiger partial charge is 0.368 e. The molecule has 0 fully saturated rings. The van der Waals surface area contributed by atoms with Crippen molar-refractivity contribution in [3.63, 3.8) is 0 Å². The van der Waals surface area contributed by atoms with Crippen LogP contribution in [0.5, 0.6) is 0 Å². The van der Waals surface area contributed by atoms with Gasteiger partial charge in [0, 0.05) is 0 Å². The number of anilines is 2. The molecule has 0 aliphatic carbocycles. The van der Waals surface area contributed by atoms with Crippen LogP contribution < -0.4 is 16.4 Å². The van der Waals surface area contributed by atoms with E-state index in [0.29, 0.717) is 11.5 Å². The molecule has 0 aromatic carbocycles. The first kappa shape index (κ1) is 7.87. The van der Waals surface area contributed by atoms with Gasteiger partial charge in [-0.3, -0.25) is 5.73 Å². The molecule has 0 spiro atoms. The topological polar surface area (TPSA) is 102 Å². The summed E-state index contributed by atoms with van der Waals surface area (Å²) >= 11 is 0. The molecule has 1 aromatic rings. The lowest BCUT2D eigenvalue weighted by Gasteiger charge is -2.21. The molecule has 0 saturated carbocycles. The number of ether oxygens (including phenoxy) is 1. The van der Waals surface area contributed by atoms with Crippen LogP contribution in [-0.4, -0.2) is 24.0 Å². The van der Waals surface area contributed by atoms with Crippen molar-refractivity contribution in [3.05, 3.63) is 6.26 Å². The van der Waals surface area contributed by atoms with E-state index in [9.17, 15) is 4.79 Å². The van der Waals surface area contributed by atoms with E-state index in [4.69, 9.17) is 5.73 Å². The van der Waals surface area contributed by atoms with Gasteiger partial charge in [0.05, 0.1) is 7.11 Å². The number of fused-ring (bicyclic) bond motifs is 1. The largest absolute Gasteiger partial charge is 0.465 e. The maximum Gasteiger partial charge on any atom is 0.368 e. The second-order valence-electron chi connectivity index (χ2n) is 2.63. The van der Waals surface area contributed by atoms with Gasteiger partial charge in [-0.25, -0.2) is 4.79 Å². The lowest BCUT2D eigenvalue weighted by Crippen LogP contribution is -2.58. The minimum atomic E-state index is -1.44. The molecule has 7 heteroatoms. The summed E-state index contributed by atoms with van der Waals surface area (Å²) in [6, 6.07) is 0. The normalized spacial score (nSPS) is 24.5. The Balaban J connectivity index is 2.25. The van der Waals surface area contributed by atoms with Crippen LogP contribution in [0.15, 0.2) is 10.8 Å². The molecule has 2 heterocycles. The number of methoxy groups -OCH3 is 1. The van der Waals surface area contributed by atoms with Gasteiger partial charge in [0.15, 0.2) is 5.82 Å². The lowest BCUT2D eigenvalue weighted by molar-refractivity contribution is -0.144. The number of carbonyl (C=O) groups excluding carboxylic acids is 1. The second-order valence-corrected chi connectivity index (χ2v) is 2.63. The van der Waals surface area contributed by atoms with Crippen molar-refractivity contribution in [1.29, 1.82) is 0 Å². The van der Waals surface area contributed by atoms with Crippen LogP contribution in [0.3, 0.4) is 0 Å². The van der Waals surface area contributed by atoms with Crippen LogP contribution in [-0.2, 0) is 9.53 Å². The SMILES string of the molecule is COC(=O)C1(N)Nc2conc2N1. The number of nitrogens with one attached hydrogen (secondary N) is 2. The summed E-state index contributed by atoms with van der Waals surface area (Å²) in [5, 5.41) is 8.88. The number of rotatable bonds is 1. The summed E-state index contributed by atoms with van der Waals surface area (Å²) in [6.07, 6.45) is 1.35. The van der Waals surface area contributed by atoms with Crippen molar-refractivity contribution in [2.24, 2.45) is 5.73 Å². The highest BCUT2D eigenvalue weighted by molar-refractivity contribution is 5.91. The van der Waals surface area contributed by atoms with Crippen molar-refractivity contribution in [3.8, 4) is 0 Å². The van der Waals surface area contributed by atoms with Gasteiger partial charge in [-0.2, -0.15) is 0 Å². The summed E-state index contributed by atoms with van der Waals surface area (Å²) in [5.74, 6) is -1.66. The van der Waals surface area contributed by atoms with Gasteiger partial charge in [-0.05, 0) is 0 Å². The highest BCUT2D eigenvalue weighted by Gasteiger charge is 2.42. The van der Waals surface area contributed by atoms with E-state index in [1.54, 1.807) is 0 Å². The van der Waals surface area contributed by atoms with E-state index >= 15 is 0 Å². The summed E-state index contributed by atoms with van der Waals surface area (Å²) in [7, 11) is 1.25. The zero-order valence-electron chi connectivity index (χ0n) is 6.83. The van der Waals surface area contributed by atoms with Gasteiger partial charge >= 0.3 is 5.97 Å². The first-order valence-corrected chi connectivity index (χ1v) is 3.54. The van der Waals surface area contributed by atoms with Crippen LogP contribution in [0.1, 0.15) is 0 Å². The minimum Gasteiger partial charge on any atom is -0.465 e. The van der Waals surface area contributed by atoms with Gasteiger partial charge in [0.2, 0.25) is 0 Å². The average molecular weight is 184 g/mol. The molecule has 0 saturated heterocycles. The van der Waals surface area contributed by atoms with E-state index < -0.39 is 11.8 Å². The number of aromatic nitrogens is 1. The van der Waals surface area contributed by atoms with Crippen LogP contribution >= 0.6 is 0 Å². The van der Waals surface area contributed by atoms with Crippen molar-refractivity contribution < 1.29 is 14.1 Å². The third kappa shape index (κ3) is 1.01. The van der Waals surface area contributed by atoms with E-state index in [1.807, 2.05) is 0 Å². The Morgan fingerprint density at radius 3 is 3.15 bits per heavy atom. The Morgan fingerprint density at radius 2 is 2.54 bits per heavy atom. The number of hydrogen-bond acceptors (Lipinski definition) is 7. The maximum absolute atomic E-state index is 11.2. The molecule has 7 nitrogen and oxygen atoms in total. The summed E-state index contributed by atoms with van der Waals surface area (Å²) in [4.78, 5) is 11.2. The molecule has 1 aliphatic heterocycles. The molecule has 2 rings (SSSR count). The Kier molecular flexibility index (Phi) is 1.43. The Labute approximate surface area is 73.2 Å². The molecule has 0 radical (unpaired) electrons. The number of nitrogens with two attached hydrogens (primary N) is 1. The Bertz CT molecular complexity index is 327. The number of nitrogens with zero attached hydrogens (tertiary/aromatic N) is 1. The fraction of sp³-hybridized carbons (Fsp3) is 0.333. The molecule has 1 aliphatic rings. The number of hydrogen-bond donors (Lipinski definition) is 3. The predicted octanol–water partition coefficient (Wildman–Crippen LogP) is -0.703. The van der Waals surface area contributed by atoms with E-state index in [-0.39, 0.29) is 0 Å². The van der Waals surface area contributed by atoms with Crippen LogP contribution in [0.25, 0.3) is 0 Å². The first-order valence-electron chi connectivity index (χ1n) is 3.54. The van der Waals surface area contributed by atoms with Gasteiger partial charge in [0.1, 0.15) is 12.0 Å². The number of esters is 1. The fourth-order valence-corrected chi connectivity index (χ4v) is 1.11. The molecular weight excluding hydrogens is 176 g/mol. The van der Waals surface area contributed by atoms with Crippen molar-refractivity contribution in [2.75, 3.05) is 17.7 Å². The molecule has 13 heavy (non-hydrogen) atoms. The minimum absolute atomic E-state index is 0.396. The van der Waals surface area contributed by atoms with Gasteiger partial charge in [-0.15, -0.1) is 0 Å². The number of carbonyl (C=O) groups is 1. The quantitative estimate of drug-likeness (QED) is 0.496. The zero-order valence-corrected chi connectivity index (χ0v) is 6.83. The Hall–Kier alpha value is -1.76. The molecule has 0 bridgehead atoms. The molecule has 1 atom stereocenters. The average Bonchev–Trinajstić information content (AvgIpc) is 2.61. The first-order chi connectivity index (χ1) is 6.15. The third-order valence-corrected chi connectivity index (χ3v) is 1.72. The zero-order chi connectivity index (χ0) is 9.47. The van der Waals surface area contributed by atoms with Crippen molar-refractivity contribution >= 4 is 17.5 Å². The van der Waals surface area contributed by atoms with E-state index in [2.05, 4.69) is 25.1 Å². The van der Waals surface area contributed by atoms with E-state index in [1.165, 1.54) is 13.4 Å². The maximum atomic E-state index is 11.2. The molecule has 1 aromatic heterocycles. The molecular formula is C6H8N4O3. The summed E-state index contributed by atoms with van der Waals surface area (Å²) < 4.78 is 9.10. The second kappa shape index (κ2) is 2.36. The van der Waals surface area contributed by atoms with Gasteiger partial charge in [-0.1, -0.05) is 5.16 Å². The van der Waals surface area contributed by atoms with Crippen LogP contribution in [0.2, 0.25) is 0 Å². The lowest BCUT2D eigenvalue weighted by atomic mass is 10.4. The molecule has 70 valence electrons. The van der Waals surface area contributed by atoms with Crippen LogP contribution in [0, 0.1) is 0 Å². The summed E-state index contributed by atoms with van der Waals surface area (Å²) in [5.41, 5.74) is 6.16. The van der Waals surface area contributed by atoms with E-state index in [0.717, 1.165) is 0 Å². The fourth-order valence-electron chi connectivity index (χ4n) is 1.11.